The van der Waals surface area contributed by atoms with Crippen LogP contribution >= 0.6 is 0 Å². The summed E-state index contributed by atoms with van der Waals surface area (Å²) in [7, 11) is -15.2. The molecule has 0 aromatic carbocycles. The monoisotopic (exact) mass is 620 g/mol. The van der Waals surface area contributed by atoms with Crippen LogP contribution in [0.5, 0.6) is 0 Å². The summed E-state index contributed by atoms with van der Waals surface area (Å²) in [6.45, 7) is 5.70. The van der Waals surface area contributed by atoms with Crippen molar-refractivity contribution in [1.29, 1.82) is 0 Å². The lowest BCUT2D eigenvalue weighted by Gasteiger charge is -2.52. The van der Waals surface area contributed by atoms with Crippen molar-refractivity contribution < 1.29 is 56.0 Å². The van der Waals surface area contributed by atoms with E-state index in [0.717, 1.165) is 6.42 Å². The van der Waals surface area contributed by atoms with Crippen LogP contribution in [0.1, 0.15) is 32.1 Å². The predicted molar refractivity (Wildman–Crippen MR) is 126 cm³/mol. The number of hydrogen-bond donors (Lipinski definition) is 0. The molecule has 2 bridgehead atoms. The number of rotatable bonds is 7. The Hall–Kier alpha value is -0.182. The van der Waals surface area contributed by atoms with Gasteiger partial charge in [0.1, 0.15) is 0 Å². The van der Waals surface area contributed by atoms with Crippen molar-refractivity contribution >= 4 is 34.2 Å². The lowest BCUT2D eigenvalue weighted by molar-refractivity contribution is -0.132. The van der Waals surface area contributed by atoms with Gasteiger partial charge < -0.3 is 16.5 Å². The second-order valence-corrected chi connectivity index (χ2v) is 25.4. The molecule has 5 atom stereocenters. The molecule has 5 unspecified atom stereocenters. The van der Waals surface area contributed by atoms with Gasteiger partial charge >= 0.3 is 52.8 Å². The third kappa shape index (κ3) is 8.91. The Bertz CT molecular complexity index is 817. The third-order valence-corrected chi connectivity index (χ3v) is 26.3. The van der Waals surface area contributed by atoms with E-state index in [-0.39, 0.29) is 17.4 Å². The summed E-state index contributed by atoms with van der Waals surface area (Å²) in [6, 6.07) is -1.82. The van der Waals surface area contributed by atoms with Crippen LogP contribution in [0.2, 0.25) is 49.9 Å². The Kier molecular flexibility index (Phi) is 8.76. The van der Waals surface area contributed by atoms with Crippen LogP contribution in [-0.2, 0) is 16.5 Å². The fraction of sp³-hybridized carbons (Fsp3) is 0.900. The summed E-state index contributed by atoms with van der Waals surface area (Å²) >= 11 is 0. The predicted octanol–water partition coefficient (Wildman–Crippen LogP) is 8.18. The summed E-state index contributed by atoms with van der Waals surface area (Å²) < 4.78 is 144. The molecule has 0 N–H and O–H groups in total. The Morgan fingerprint density at radius 1 is 0.595 bits per heavy atom. The van der Waals surface area contributed by atoms with Gasteiger partial charge in [-0.25, -0.2) is 0 Å². The SMILES string of the molecule is C[Si]1(CCC(F)(F)F)O[Si](C)(CCC(F)(F)F)O[Si](C)(C2CC3C=CC2C3)O[Si](C)(CCC(F)(F)F)O1. The lowest BCUT2D eigenvalue weighted by atomic mass is 10.1. The highest BCUT2D eigenvalue weighted by molar-refractivity contribution is 6.94. The summed E-state index contributed by atoms with van der Waals surface area (Å²) in [5, 5.41) is 0. The van der Waals surface area contributed by atoms with Gasteiger partial charge in [0.15, 0.2) is 0 Å². The first kappa shape index (κ1) is 31.3. The van der Waals surface area contributed by atoms with Gasteiger partial charge in [0, 0.05) is 24.8 Å². The van der Waals surface area contributed by atoms with Crippen LogP contribution in [0, 0.1) is 11.8 Å². The molecule has 2 aliphatic carbocycles. The summed E-state index contributed by atoms with van der Waals surface area (Å²) in [4.78, 5) is 0. The van der Waals surface area contributed by atoms with Gasteiger partial charge in [0.05, 0.1) is 0 Å². The van der Waals surface area contributed by atoms with E-state index in [2.05, 4.69) is 0 Å². The zero-order valence-corrected chi connectivity index (χ0v) is 25.1. The Morgan fingerprint density at radius 2 is 0.973 bits per heavy atom. The van der Waals surface area contributed by atoms with E-state index in [1.54, 1.807) is 6.55 Å². The second kappa shape index (κ2) is 10.3. The molecule has 2 fully saturated rings. The van der Waals surface area contributed by atoms with Crippen molar-refractivity contribution in [2.24, 2.45) is 11.8 Å². The van der Waals surface area contributed by atoms with E-state index in [4.69, 9.17) is 16.5 Å². The molecule has 1 heterocycles. The van der Waals surface area contributed by atoms with Gasteiger partial charge in [-0.3, -0.25) is 0 Å². The molecule has 37 heavy (non-hydrogen) atoms. The van der Waals surface area contributed by atoms with Gasteiger partial charge in [0.25, 0.3) is 0 Å². The Morgan fingerprint density at radius 3 is 1.27 bits per heavy atom. The molecule has 0 spiro atoms. The quantitative estimate of drug-likeness (QED) is 0.163. The molecule has 1 saturated heterocycles. The van der Waals surface area contributed by atoms with E-state index in [0.29, 0.717) is 6.42 Å². The highest BCUT2D eigenvalue weighted by Crippen LogP contribution is 2.55. The smallest absolute Gasteiger partial charge is 0.389 e. The van der Waals surface area contributed by atoms with E-state index in [9.17, 15) is 39.5 Å². The van der Waals surface area contributed by atoms with Crippen LogP contribution in [0.25, 0.3) is 0 Å². The van der Waals surface area contributed by atoms with E-state index in [1.807, 2.05) is 12.2 Å². The molecule has 3 rings (SSSR count). The molecular weight excluding hydrogens is 588 g/mol. The number of fused-ring (bicyclic) bond motifs is 2. The first-order chi connectivity index (χ1) is 16.5. The van der Waals surface area contributed by atoms with Crippen molar-refractivity contribution in [3.63, 3.8) is 0 Å². The number of halogens is 9. The van der Waals surface area contributed by atoms with Gasteiger partial charge in [-0.15, -0.1) is 0 Å². The molecule has 216 valence electrons. The highest BCUT2D eigenvalue weighted by Gasteiger charge is 2.62. The maximum Gasteiger partial charge on any atom is 0.389 e. The lowest BCUT2D eigenvalue weighted by Crippen LogP contribution is -2.68. The van der Waals surface area contributed by atoms with Gasteiger partial charge in [0.2, 0.25) is 0 Å². The van der Waals surface area contributed by atoms with Crippen LogP contribution in [0.4, 0.5) is 39.5 Å². The molecule has 0 aromatic rings. The minimum atomic E-state index is -4.61. The fourth-order valence-electron chi connectivity index (χ4n) is 5.80. The molecule has 0 radical (unpaired) electrons. The van der Waals surface area contributed by atoms with Gasteiger partial charge in [-0.05, 0) is 69.0 Å². The van der Waals surface area contributed by atoms with Crippen molar-refractivity contribution in [2.45, 2.75) is 100 Å². The summed E-state index contributed by atoms with van der Waals surface area (Å²) in [6.07, 6.45) is -12.1. The normalized spacial score (nSPS) is 41.2. The minimum absolute atomic E-state index is 0.0108. The Labute approximate surface area is 214 Å². The zero-order valence-electron chi connectivity index (χ0n) is 21.1. The molecule has 0 aromatic heterocycles. The standard InChI is InChI=1S/C20H33F9O4Si4/c1-34(10-7-18(21,22)23)30-35(2,11-8-19(24,25)26)32-37(4,17-14-15-5-6-16(17)13-15)33-36(3,31-34)12-9-20(27,28)29/h5-6,15-17H,7-14H2,1-4H3. The summed E-state index contributed by atoms with van der Waals surface area (Å²) in [5.41, 5.74) is -0.230. The van der Waals surface area contributed by atoms with Crippen molar-refractivity contribution in [1.82, 2.24) is 0 Å². The minimum Gasteiger partial charge on any atom is -0.416 e. The maximum atomic E-state index is 13.2. The Balaban J connectivity index is 2.01. The van der Waals surface area contributed by atoms with Crippen molar-refractivity contribution in [3.05, 3.63) is 12.2 Å². The average molecular weight is 621 g/mol. The van der Waals surface area contributed by atoms with E-state index < -0.39 is 90.2 Å². The molecule has 3 aliphatic rings. The topological polar surface area (TPSA) is 36.9 Å². The highest BCUT2D eigenvalue weighted by atomic mass is 28.5. The largest absolute Gasteiger partial charge is 0.416 e. The molecular formula is C20H33F9O4Si4. The van der Waals surface area contributed by atoms with Crippen LogP contribution < -0.4 is 0 Å². The van der Waals surface area contributed by atoms with Crippen molar-refractivity contribution in [2.75, 3.05) is 0 Å². The van der Waals surface area contributed by atoms with Crippen molar-refractivity contribution in [3.8, 4) is 0 Å². The number of allylic oxidation sites excluding steroid dienone is 2. The van der Waals surface area contributed by atoms with E-state index in [1.165, 1.54) is 19.6 Å². The van der Waals surface area contributed by atoms with Crippen LogP contribution in [0.15, 0.2) is 12.2 Å². The summed E-state index contributed by atoms with van der Waals surface area (Å²) in [5.74, 6) is 0.230. The maximum absolute atomic E-state index is 13.2. The second-order valence-electron chi connectivity index (χ2n) is 11.1. The fourth-order valence-corrected chi connectivity index (χ4v) is 29.8. The molecule has 17 heteroatoms. The van der Waals surface area contributed by atoms with Crippen LogP contribution in [-0.4, -0.2) is 52.8 Å². The first-order valence-electron chi connectivity index (χ1n) is 12.2. The number of hydrogen-bond acceptors (Lipinski definition) is 4. The zero-order chi connectivity index (χ0) is 28.1. The number of alkyl halides is 9. The molecule has 1 saturated carbocycles. The molecule has 1 aliphatic heterocycles. The first-order valence-corrected chi connectivity index (χ1v) is 22.2. The van der Waals surface area contributed by atoms with E-state index >= 15 is 0 Å². The molecule has 4 nitrogen and oxygen atoms in total. The van der Waals surface area contributed by atoms with Gasteiger partial charge in [-0.2, -0.15) is 39.5 Å². The third-order valence-electron chi connectivity index (χ3n) is 7.24. The van der Waals surface area contributed by atoms with Crippen LogP contribution in [0.3, 0.4) is 0 Å². The average Bonchev–Trinajstić information content (AvgIpc) is 3.31. The molecule has 0 amide bonds. The van der Waals surface area contributed by atoms with Gasteiger partial charge in [-0.1, -0.05) is 12.2 Å².